The Labute approximate surface area is 174 Å². The fraction of sp³-hybridized carbons (Fsp3) is 0.143. The van der Waals surface area contributed by atoms with Crippen LogP contribution in [0.5, 0.6) is 0 Å². The lowest BCUT2D eigenvalue weighted by molar-refractivity contribution is -0.220. The average Bonchev–Trinajstić information content (AvgIpc) is 3.17. The van der Waals surface area contributed by atoms with Crippen LogP contribution in [0.25, 0.3) is 22.4 Å². The predicted octanol–water partition coefficient (Wildman–Crippen LogP) is -0.311. The van der Waals surface area contributed by atoms with Crippen molar-refractivity contribution >= 4 is 34.3 Å². The van der Waals surface area contributed by atoms with Crippen molar-refractivity contribution in [1.29, 1.82) is 0 Å². The smallest absolute Gasteiger partial charge is 0.368 e. The summed E-state index contributed by atoms with van der Waals surface area (Å²) in [6, 6.07) is 10.4. The quantitative estimate of drug-likeness (QED) is 0.278. The molecule has 2 heterocycles. The summed E-state index contributed by atoms with van der Waals surface area (Å²) >= 11 is 0. The summed E-state index contributed by atoms with van der Waals surface area (Å²) in [5.41, 5.74) is 4.15. The number of aromatic amines is 1. The molecule has 0 fully saturated rings. The first-order valence-electron chi connectivity index (χ1n) is 9.23. The topological polar surface area (TPSA) is 180 Å². The summed E-state index contributed by atoms with van der Waals surface area (Å²) in [6.07, 6.45) is 1.93. The summed E-state index contributed by atoms with van der Waals surface area (Å²) < 4.78 is 0. The number of rotatable bonds is 4. The van der Waals surface area contributed by atoms with Gasteiger partial charge in [0.15, 0.2) is 5.76 Å². The van der Waals surface area contributed by atoms with Gasteiger partial charge in [-0.1, -0.05) is 30.3 Å². The molecule has 1 aromatic heterocycles. The summed E-state index contributed by atoms with van der Waals surface area (Å²) in [4.78, 5) is 27.0. The molecule has 0 spiro atoms. The number of nitrogens with zero attached hydrogens (tertiary/aromatic N) is 1. The number of carboxylic acid groups (broad SMARTS) is 1. The lowest BCUT2D eigenvalue weighted by Gasteiger charge is -2.33. The molecular weight excluding hydrogens is 406 g/mol. The van der Waals surface area contributed by atoms with Crippen LogP contribution in [0.1, 0.15) is 15.9 Å². The van der Waals surface area contributed by atoms with Crippen LogP contribution >= 0.6 is 0 Å². The Morgan fingerprint density at radius 1 is 1.16 bits per heavy atom. The van der Waals surface area contributed by atoms with Crippen molar-refractivity contribution in [2.45, 2.75) is 18.2 Å². The van der Waals surface area contributed by atoms with Gasteiger partial charge in [0.05, 0.1) is 11.6 Å². The van der Waals surface area contributed by atoms with Gasteiger partial charge in [0, 0.05) is 27.5 Å². The second kappa shape index (κ2) is 7.13. The molecule has 160 valence electrons. The molecule has 1 amide bonds. The monoisotopic (exact) mass is 425 g/mol. The number of fused-ring (bicyclic) bond motifs is 2. The highest BCUT2D eigenvalue weighted by Gasteiger charge is 2.53. The molecule has 10 nitrogen and oxygen atoms in total. The number of nitrogens with one attached hydrogen (secondary N) is 1. The fourth-order valence-electron chi connectivity index (χ4n) is 3.76. The minimum atomic E-state index is -3.42. The number of aromatic nitrogens is 1. The number of benzene rings is 2. The fourth-order valence-corrected chi connectivity index (χ4v) is 3.76. The second-order valence-corrected chi connectivity index (χ2v) is 7.23. The third-order valence-electron chi connectivity index (χ3n) is 5.40. The van der Waals surface area contributed by atoms with Crippen LogP contribution in [0.2, 0.25) is 0 Å². The molecule has 4 rings (SSSR count). The van der Waals surface area contributed by atoms with Crippen molar-refractivity contribution in [3.05, 3.63) is 70.2 Å². The molecule has 3 aromatic rings. The van der Waals surface area contributed by atoms with Gasteiger partial charge in [0.25, 0.3) is 5.91 Å². The number of carbonyl (C=O) groups excluding carboxylic acids is 1. The lowest BCUT2D eigenvalue weighted by atomic mass is 9.95. The Morgan fingerprint density at radius 3 is 2.58 bits per heavy atom. The Balaban J connectivity index is 1.91. The van der Waals surface area contributed by atoms with E-state index in [9.17, 15) is 35.2 Å². The standard InChI is InChI=1S/C21H19N3O7/c22-14(8-10-9-23-15-7-2-1-4-11(10)15)17(25)12-5-3-6-13-16(12)18(26)21(30,20(28)29)24(31)19(13)27/h1-7,9,14,23,25-26,30-31H,8,22H2,(H,28,29). The molecule has 2 unspecified atom stereocenters. The van der Waals surface area contributed by atoms with Crippen LogP contribution in [-0.2, 0) is 11.2 Å². The van der Waals surface area contributed by atoms with E-state index in [1.54, 1.807) is 6.20 Å². The van der Waals surface area contributed by atoms with Crippen LogP contribution in [-0.4, -0.2) is 59.3 Å². The molecule has 0 saturated heterocycles. The number of carboxylic acids is 1. The number of hydrogen-bond acceptors (Lipinski definition) is 7. The second-order valence-electron chi connectivity index (χ2n) is 7.23. The number of nitrogens with two attached hydrogens (primary N) is 1. The van der Waals surface area contributed by atoms with Crippen LogP contribution < -0.4 is 16.2 Å². The Hall–Kier alpha value is -3.86. The molecular formula is C21H19N3O7. The highest BCUT2D eigenvalue weighted by molar-refractivity contribution is 6.03. The molecule has 0 saturated carbocycles. The molecule has 2 aromatic carbocycles. The summed E-state index contributed by atoms with van der Waals surface area (Å²) in [5.74, 6) is -5.00. The first-order valence-corrected chi connectivity index (χ1v) is 9.23. The average molecular weight is 425 g/mol. The van der Waals surface area contributed by atoms with E-state index < -0.39 is 45.4 Å². The predicted molar refractivity (Wildman–Crippen MR) is 108 cm³/mol. The Kier molecular flexibility index (Phi) is 4.69. The van der Waals surface area contributed by atoms with Crippen molar-refractivity contribution in [3.8, 4) is 0 Å². The van der Waals surface area contributed by atoms with Gasteiger partial charge in [-0.3, -0.25) is 10.0 Å². The molecule has 0 bridgehead atoms. The van der Waals surface area contributed by atoms with Gasteiger partial charge in [-0.15, -0.1) is 0 Å². The van der Waals surface area contributed by atoms with E-state index in [-0.39, 0.29) is 17.2 Å². The van der Waals surface area contributed by atoms with Gasteiger partial charge >= 0.3 is 11.7 Å². The zero-order chi connectivity index (χ0) is 22.5. The minimum absolute atomic E-state index is 0.136. The van der Waals surface area contributed by atoms with Crippen LogP contribution in [0.3, 0.4) is 0 Å². The summed E-state index contributed by atoms with van der Waals surface area (Å²) in [7, 11) is 0. The van der Waals surface area contributed by atoms with E-state index in [0.717, 1.165) is 16.5 Å². The van der Waals surface area contributed by atoms with Gasteiger partial charge in [0.1, 0.15) is 5.76 Å². The minimum Gasteiger partial charge on any atom is -0.510 e. The third kappa shape index (κ3) is 2.93. The van der Waals surface area contributed by atoms with Crippen LogP contribution in [0.4, 0.5) is 0 Å². The maximum absolute atomic E-state index is 12.4. The normalized spacial score (nSPS) is 20.5. The van der Waals surface area contributed by atoms with Gasteiger partial charge in [-0.05, 0) is 24.1 Å². The van der Waals surface area contributed by atoms with Crippen LogP contribution in [0.15, 0.2) is 48.7 Å². The number of carbonyl (C=O) groups is 2. The largest absolute Gasteiger partial charge is 0.510 e. The molecule has 8 N–H and O–H groups in total. The van der Waals surface area contributed by atoms with Gasteiger partial charge < -0.3 is 31.1 Å². The van der Waals surface area contributed by atoms with Gasteiger partial charge in [0.2, 0.25) is 0 Å². The summed E-state index contributed by atoms with van der Waals surface area (Å²) in [6.45, 7) is 0. The first-order chi connectivity index (χ1) is 14.7. The molecule has 31 heavy (non-hydrogen) atoms. The Bertz CT molecular complexity index is 1350. The van der Waals surface area contributed by atoms with Crippen molar-refractivity contribution in [1.82, 2.24) is 10.0 Å². The highest BCUT2D eigenvalue weighted by Crippen LogP contribution is 2.24. The number of aliphatic hydroxyl groups excluding tert-OH is 2. The number of para-hydroxylation sites is 1. The molecule has 2 atom stereocenters. The molecule has 0 radical (unpaired) electrons. The van der Waals surface area contributed by atoms with E-state index in [1.807, 2.05) is 24.3 Å². The number of aliphatic carboxylic acids is 1. The van der Waals surface area contributed by atoms with Crippen LogP contribution in [0, 0.1) is 0 Å². The zero-order valence-corrected chi connectivity index (χ0v) is 16.0. The maximum atomic E-state index is 12.4. The molecule has 0 aliphatic carbocycles. The van der Waals surface area contributed by atoms with E-state index in [4.69, 9.17) is 5.73 Å². The number of amides is 1. The molecule has 1 aliphatic heterocycles. The summed E-state index contributed by atoms with van der Waals surface area (Å²) in [5, 5.41) is 50.7. The molecule has 1 aliphatic rings. The van der Waals surface area contributed by atoms with E-state index in [2.05, 4.69) is 4.98 Å². The third-order valence-corrected chi connectivity index (χ3v) is 5.40. The first kappa shape index (κ1) is 20.4. The zero-order valence-electron chi connectivity index (χ0n) is 16.0. The number of hydrogen-bond donors (Lipinski definition) is 7. The van der Waals surface area contributed by atoms with Crippen molar-refractivity contribution < 1.29 is 35.2 Å². The molecule has 10 heteroatoms. The van der Waals surface area contributed by atoms with E-state index >= 15 is 0 Å². The maximum Gasteiger partial charge on any atom is 0.368 e. The van der Waals surface area contributed by atoms with E-state index in [0.29, 0.717) is 0 Å². The highest BCUT2D eigenvalue weighted by atomic mass is 16.6. The van der Waals surface area contributed by atoms with Gasteiger partial charge in [-0.25, -0.2) is 4.79 Å². The number of hydroxylamine groups is 2. The SMILES string of the molecule is NC(Cc1c[nH]c2ccccc12)C(O)=c1cccc2c1=C(O)C(O)(C(=O)O)N(O)C2=O. The number of H-pyrrole nitrogens is 1. The number of aliphatic hydroxyl groups is 3. The van der Waals surface area contributed by atoms with Crippen molar-refractivity contribution in [2.75, 3.05) is 0 Å². The van der Waals surface area contributed by atoms with E-state index in [1.165, 1.54) is 18.2 Å². The van der Waals surface area contributed by atoms with Gasteiger partial charge in [-0.2, -0.15) is 5.06 Å². The Morgan fingerprint density at radius 2 is 1.87 bits per heavy atom. The van der Waals surface area contributed by atoms with Crippen molar-refractivity contribution in [3.63, 3.8) is 0 Å². The van der Waals surface area contributed by atoms with Crippen molar-refractivity contribution in [2.24, 2.45) is 5.73 Å². The lowest BCUT2D eigenvalue weighted by Crippen LogP contribution is -2.63.